The number of hydrogen-bond donors (Lipinski definition) is 2. The van der Waals surface area contributed by atoms with Crippen LogP contribution in [0.15, 0.2) is 12.4 Å². The van der Waals surface area contributed by atoms with Crippen LogP contribution in [0.1, 0.15) is 45.4 Å². The maximum absolute atomic E-state index is 11.4. The first kappa shape index (κ1) is 11.8. The summed E-state index contributed by atoms with van der Waals surface area (Å²) >= 11 is 0. The summed E-state index contributed by atoms with van der Waals surface area (Å²) in [6, 6.07) is 0. The molecule has 0 fully saturated rings. The van der Waals surface area contributed by atoms with Crippen molar-refractivity contribution < 1.29 is 9.90 Å². The highest BCUT2D eigenvalue weighted by atomic mass is 16.4. The van der Waals surface area contributed by atoms with Gasteiger partial charge in [0.05, 0.1) is 0 Å². The monoisotopic (exact) mass is 210 g/mol. The zero-order valence-corrected chi connectivity index (χ0v) is 9.29. The van der Waals surface area contributed by atoms with Gasteiger partial charge in [0.25, 0.3) is 0 Å². The van der Waals surface area contributed by atoms with E-state index in [1.165, 1.54) is 0 Å². The summed E-state index contributed by atoms with van der Waals surface area (Å²) in [5.74, 6) is -0.209. The van der Waals surface area contributed by atoms with Crippen LogP contribution in [0.5, 0.6) is 0 Å². The molecule has 1 heterocycles. The number of unbranched alkanes of at least 4 members (excludes halogenated alkanes) is 1. The molecule has 0 spiro atoms. The van der Waals surface area contributed by atoms with Gasteiger partial charge in [-0.1, -0.05) is 26.7 Å². The van der Waals surface area contributed by atoms with Crippen molar-refractivity contribution in [2.45, 2.75) is 44.9 Å². The Morgan fingerprint density at radius 2 is 2.33 bits per heavy atom. The van der Waals surface area contributed by atoms with Crippen LogP contribution in [0.4, 0.5) is 0 Å². The molecule has 0 aliphatic heterocycles. The van der Waals surface area contributed by atoms with Gasteiger partial charge in [0.1, 0.15) is 11.2 Å². The van der Waals surface area contributed by atoms with Gasteiger partial charge in [-0.05, 0) is 12.8 Å². The molecule has 0 aliphatic carbocycles. The van der Waals surface area contributed by atoms with Crippen molar-refractivity contribution in [3.8, 4) is 0 Å². The molecule has 0 saturated heterocycles. The third-order valence-electron chi connectivity index (χ3n) is 2.92. The number of nitrogens with zero attached hydrogens (tertiary/aromatic N) is 1. The van der Waals surface area contributed by atoms with E-state index < -0.39 is 11.4 Å². The lowest BCUT2D eigenvalue weighted by atomic mass is 9.79. The minimum Gasteiger partial charge on any atom is -0.480 e. The smallest absolute Gasteiger partial charge is 0.317 e. The summed E-state index contributed by atoms with van der Waals surface area (Å²) in [5.41, 5.74) is -0.834. The Hall–Kier alpha value is -1.32. The highest BCUT2D eigenvalue weighted by molar-refractivity contribution is 5.80. The van der Waals surface area contributed by atoms with Crippen molar-refractivity contribution in [1.29, 1.82) is 0 Å². The van der Waals surface area contributed by atoms with Crippen LogP contribution >= 0.6 is 0 Å². The fourth-order valence-corrected chi connectivity index (χ4v) is 1.83. The van der Waals surface area contributed by atoms with E-state index in [4.69, 9.17) is 0 Å². The standard InChI is InChI=1S/C11H18N2O2/c1-3-5-6-11(4-2,10(14)15)9-12-7-8-13-9/h7-8H,3-6H2,1-2H3,(H,12,13)(H,14,15). The van der Waals surface area contributed by atoms with Crippen molar-refractivity contribution in [2.24, 2.45) is 0 Å². The minimum atomic E-state index is -0.834. The number of rotatable bonds is 6. The predicted octanol–water partition coefficient (Wildman–Crippen LogP) is 2.33. The van der Waals surface area contributed by atoms with Gasteiger partial charge >= 0.3 is 5.97 Å². The second-order valence-corrected chi connectivity index (χ2v) is 3.78. The summed E-state index contributed by atoms with van der Waals surface area (Å²) in [6.07, 6.45) is 6.39. The van der Waals surface area contributed by atoms with Gasteiger partial charge in [-0.25, -0.2) is 4.98 Å². The molecule has 0 aromatic carbocycles. The van der Waals surface area contributed by atoms with E-state index in [9.17, 15) is 9.90 Å². The minimum absolute atomic E-state index is 0.565. The maximum Gasteiger partial charge on any atom is 0.317 e. The first-order valence-electron chi connectivity index (χ1n) is 5.40. The van der Waals surface area contributed by atoms with Crippen molar-refractivity contribution >= 4 is 5.97 Å². The quantitative estimate of drug-likeness (QED) is 0.757. The average molecular weight is 210 g/mol. The van der Waals surface area contributed by atoms with Gasteiger partial charge in [0.15, 0.2) is 0 Å². The van der Waals surface area contributed by atoms with Gasteiger partial charge in [-0.3, -0.25) is 4.79 Å². The fourth-order valence-electron chi connectivity index (χ4n) is 1.83. The largest absolute Gasteiger partial charge is 0.480 e. The molecule has 0 amide bonds. The second kappa shape index (κ2) is 4.96. The number of carboxylic acids is 1. The fraction of sp³-hybridized carbons (Fsp3) is 0.636. The van der Waals surface area contributed by atoms with Crippen LogP contribution in [0.3, 0.4) is 0 Å². The first-order chi connectivity index (χ1) is 7.17. The van der Waals surface area contributed by atoms with Crippen LogP contribution in [0.2, 0.25) is 0 Å². The highest BCUT2D eigenvalue weighted by Crippen LogP contribution is 2.31. The molecule has 0 saturated carbocycles. The van der Waals surface area contributed by atoms with Gasteiger partial charge in [-0.15, -0.1) is 0 Å². The molecule has 0 aliphatic rings. The van der Waals surface area contributed by atoms with Crippen molar-refractivity contribution in [3.05, 3.63) is 18.2 Å². The molecule has 4 heteroatoms. The molecular weight excluding hydrogens is 192 g/mol. The van der Waals surface area contributed by atoms with Gasteiger partial charge in [0.2, 0.25) is 0 Å². The van der Waals surface area contributed by atoms with Gasteiger partial charge in [0, 0.05) is 12.4 Å². The van der Waals surface area contributed by atoms with Crippen molar-refractivity contribution in [3.63, 3.8) is 0 Å². The third-order valence-corrected chi connectivity index (χ3v) is 2.92. The third kappa shape index (κ3) is 2.19. The number of hydrogen-bond acceptors (Lipinski definition) is 2. The number of aliphatic carboxylic acids is 1. The predicted molar refractivity (Wildman–Crippen MR) is 57.7 cm³/mol. The molecule has 15 heavy (non-hydrogen) atoms. The number of nitrogens with one attached hydrogen (secondary N) is 1. The van der Waals surface area contributed by atoms with E-state index >= 15 is 0 Å². The average Bonchev–Trinajstić information content (AvgIpc) is 2.73. The zero-order chi connectivity index (χ0) is 11.3. The molecule has 0 radical (unpaired) electrons. The van der Waals surface area contributed by atoms with E-state index in [0.29, 0.717) is 18.7 Å². The van der Waals surface area contributed by atoms with Crippen molar-refractivity contribution in [1.82, 2.24) is 9.97 Å². The van der Waals surface area contributed by atoms with E-state index in [1.54, 1.807) is 12.4 Å². The second-order valence-electron chi connectivity index (χ2n) is 3.78. The number of H-pyrrole nitrogens is 1. The molecular formula is C11H18N2O2. The lowest BCUT2D eigenvalue weighted by molar-refractivity contribution is -0.144. The summed E-state index contributed by atoms with van der Waals surface area (Å²) in [7, 11) is 0. The molecule has 2 N–H and O–H groups in total. The summed E-state index contributed by atoms with van der Waals surface area (Å²) in [4.78, 5) is 18.4. The summed E-state index contributed by atoms with van der Waals surface area (Å²) in [6.45, 7) is 3.96. The topological polar surface area (TPSA) is 66.0 Å². The molecule has 1 aromatic rings. The van der Waals surface area contributed by atoms with E-state index in [2.05, 4.69) is 16.9 Å². The zero-order valence-electron chi connectivity index (χ0n) is 9.29. The summed E-state index contributed by atoms with van der Waals surface area (Å²) in [5, 5.41) is 9.36. The number of carboxylic acid groups (broad SMARTS) is 1. The lowest BCUT2D eigenvalue weighted by Crippen LogP contribution is -2.36. The molecule has 1 unspecified atom stereocenters. The SMILES string of the molecule is CCCCC(CC)(C(=O)O)c1ncc[nH]1. The maximum atomic E-state index is 11.4. The Morgan fingerprint density at radius 3 is 2.73 bits per heavy atom. The molecule has 1 aromatic heterocycles. The Morgan fingerprint density at radius 1 is 1.60 bits per heavy atom. The van der Waals surface area contributed by atoms with Crippen LogP contribution in [-0.4, -0.2) is 21.0 Å². The normalized spacial score (nSPS) is 14.8. The van der Waals surface area contributed by atoms with Crippen LogP contribution < -0.4 is 0 Å². The Kier molecular flexibility index (Phi) is 3.88. The number of aromatic nitrogens is 2. The highest BCUT2D eigenvalue weighted by Gasteiger charge is 2.40. The number of aromatic amines is 1. The molecule has 1 rings (SSSR count). The molecule has 4 nitrogen and oxygen atoms in total. The van der Waals surface area contributed by atoms with Crippen LogP contribution in [0, 0.1) is 0 Å². The van der Waals surface area contributed by atoms with Crippen LogP contribution in [0.25, 0.3) is 0 Å². The Balaban J connectivity index is 2.99. The van der Waals surface area contributed by atoms with E-state index in [0.717, 1.165) is 12.8 Å². The lowest BCUT2D eigenvalue weighted by Gasteiger charge is -2.25. The first-order valence-corrected chi connectivity index (χ1v) is 5.40. The molecule has 1 atom stereocenters. The van der Waals surface area contributed by atoms with Gasteiger partial charge < -0.3 is 10.1 Å². The summed E-state index contributed by atoms with van der Waals surface area (Å²) < 4.78 is 0. The van der Waals surface area contributed by atoms with E-state index in [-0.39, 0.29) is 0 Å². The number of carbonyl (C=O) groups is 1. The Bertz CT molecular complexity index is 308. The Labute approximate surface area is 89.7 Å². The van der Waals surface area contributed by atoms with Crippen molar-refractivity contribution in [2.75, 3.05) is 0 Å². The van der Waals surface area contributed by atoms with E-state index in [1.807, 2.05) is 6.92 Å². The molecule has 0 bridgehead atoms. The van der Waals surface area contributed by atoms with Crippen LogP contribution in [-0.2, 0) is 10.2 Å². The number of imidazole rings is 1. The molecule has 84 valence electrons. The van der Waals surface area contributed by atoms with Gasteiger partial charge in [-0.2, -0.15) is 0 Å².